The molecule has 1 aromatic carbocycles. The van der Waals surface area contributed by atoms with Crippen LogP contribution in [0.5, 0.6) is 5.75 Å². The molecule has 0 bridgehead atoms. The van der Waals surface area contributed by atoms with E-state index in [-0.39, 0.29) is 11.4 Å². The minimum atomic E-state index is -0.537. The number of hydrogen-bond acceptors (Lipinski definition) is 7. The molecule has 1 unspecified atom stereocenters. The van der Waals surface area contributed by atoms with Crippen molar-refractivity contribution in [2.75, 3.05) is 0 Å². The van der Waals surface area contributed by atoms with E-state index >= 15 is 0 Å². The molecule has 3 heterocycles. The van der Waals surface area contributed by atoms with Gasteiger partial charge in [-0.25, -0.2) is 14.5 Å². The van der Waals surface area contributed by atoms with Crippen molar-refractivity contribution < 1.29 is 9.66 Å². The van der Waals surface area contributed by atoms with Crippen LogP contribution in [0.2, 0.25) is 0 Å². The van der Waals surface area contributed by atoms with Gasteiger partial charge in [-0.1, -0.05) is 12.1 Å². The lowest BCUT2D eigenvalue weighted by atomic mass is 9.97. The van der Waals surface area contributed by atoms with Gasteiger partial charge in [0.25, 0.3) is 0 Å². The van der Waals surface area contributed by atoms with Gasteiger partial charge in [-0.3, -0.25) is 10.1 Å². The predicted octanol–water partition coefficient (Wildman–Crippen LogP) is 4.27. The number of aryl methyl sites for hydroxylation is 2. The largest absolute Gasteiger partial charge is 0.476 e. The summed E-state index contributed by atoms with van der Waals surface area (Å²) in [6, 6.07) is 6.32. The molecule has 5 rings (SSSR count). The average molecular weight is 395 g/mol. The van der Waals surface area contributed by atoms with Gasteiger partial charge in [-0.05, 0) is 44.2 Å². The molecule has 8 nitrogen and oxygen atoms in total. The number of thiophene rings is 1. The van der Waals surface area contributed by atoms with Crippen molar-refractivity contribution in [1.82, 2.24) is 19.6 Å². The molecular weight excluding hydrogens is 378 g/mol. The number of nitro benzene ring substituents is 1. The molecule has 0 spiro atoms. The quantitative estimate of drug-likeness (QED) is 0.378. The van der Waals surface area contributed by atoms with E-state index in [0.29, 0.717) is 5.82 Å². The lowest BCUT2D eigenvalue weighted by molar-refractivity contribution is -0.386. The third-order valence-electron chi connectivity index (χ3n) is 5.04. The van der Waals surface area contributed by atoms with Crippen LogP contribution in [0.3, 0.4) is 0 Å². The molecule has 0 N–H and O–H groups in total. The lowest BCUT2D eigenvalue weighted by Gasteiger charge is -2.11. The molecule has 1 aliphatic rings. The van der Waals surface area contributed by atoms with Crippen LogP contribution in [-0.2, 0) is 12.8 Å². The molecule has 9 heteroatoms. The van der Waals surface area contributed by atoms with Crippen LogP contribution in [-0.4, -0.2) is 24.5 Å². The number of ether oxygens (including phenoxy) is 1. The number of nitrogens with zero attached hydrogens (tertiary/aromatic N) is 5. The molecule has 4 aromatic rings. The normalized spacial score (nSPS) is 14.9. The van der Waals surface area contributed by atoms with Crippen molar-refractivity contribution in [1.29, 1.82) is 0 Å². The van der Waals surface area contributed by atoms with E-state index in [2.05, 4.69) is 10.1 Å². The van der Waals surface area contributed by atoms with Gasteiger partial charge in [0.15, 0.2) is 23.3 Å². The standard InChI is InChI=1S/C19H17N5O3S/c1-11(27-14-8-4-3-7-13(14)24(25)26)17-21-18-16-12-6-2-5-9-15(12)28-19(16)20-10-23(18)22-17/h3-4,7-8,10-11H,2,5-6,9H2,1H3. The zero-order valence-electron chi connectivity index (χ0n) is 15.2. The van der Waals surface area contributed by atoms with Crippen molar-refractivity contribution in [3.63, 3.8) is 0 Å². The van der Waals surface area contributed by atoms with Gasteiger partial charge >= 0.3 is 5.69 Å². The molecule has 0 saturated carbocycles. The Hall–Kier alpha value is -3.07. The van der Waals surface area contributed by atoms with Crippen molar-refractivity contribution in [3.8, 4) is 5.75 Å². The molecule has 142 valence electrons. The summed E-state index contributed by atoms with van der Waals surface area (Å²) in [5.41, 5.74) is 2.04. The summed E-state index contributed by atoms with van der Waals surface area (Å²) in [5, 5.41) is 16.8. The Morgan fingerprint density at radius 2 is 2.11 bits per heavy atom. The average Bonchev–Trinajstić information content (AvgIpc) is 3.29. The van der Waals surface area contributed by atoms with Gasteiger partial charge in [0.2, 0.25) is 0 Å². The van der Waals surface area contributed by atoms with E-state index in [1.165, 1.54) is 29.3 Å². The van der Waals surface area contributed by atoms with Crippen LogP contribution in [0.4, 0.5) is 5.69 Å². The first-order valence-corrected chi connectivity index (χ1v) is 9.99. The smallest absolute Gasteiger partial charge is 0.310 e. The Bertz CT molecular complexity index is 1220. The van der Waals surface area contributed by atoms with Crippen LogP contribution in [0, 0.1) is 10.1 Å². The summed E-state index contributed by atoms with van der Waals surface area (Å²) < 4.78 is 7.51. The number of para-hydroxylation sites is 2. The van der Waals surface area contributed by atoms with E-state index < -0.39 is 11.0 Å². The molecule has 0 fully saturated rings. The van der Waals surface area contributed by atoms with Gasteiger partial charge in [0.1, 0.15) is 11.2 Å². The molecule has 0 saturated heterocycles. The fraction of sp³-hybridized carbons (Fsp3) is 0.316. The minimum Gasteiger partial charge on any atom is -0.476 e. The SMILES string of the molecule is CC(Oc1ccccc1[N+](=O)[O-])c1nc2c3c4c(sc3ncn2n1)CCCC4. The third-order valence-corrected chi connectivity index (χ3v) is 6.24. The summed E-state index contributed by atoms with van der Waals surface area (Å²) in [6.07, 6.45) is 5.67. The summed E-state index contributed by atoms with van der Waals surface area (Å²) in [5.74, 6) is 0.679. The molecule has 0 radical (unpaired) electrons. The monoisotopic (exact) mass is 395 g/mol. The first-order chi connectivity index (χ1) is 13.6. The zero-order chi connectivity index (χ0) is 19.3. The van der Waals surface area contributed by atoms with E-state index in [1.54, 1.807) is 47.3 Å². The summed E-state index contributed by atoms with van der Waals surface area (Å²) in [4.78, 5) is 22.4. The highest BCUT2D eigenvalue weighted by Gasteiger charge is 2.23. The minimum absolute atomic E-state index is 0.0749. The maximum Gasteiger partial charge on any atom is 0.310 e. The second kappa shape index (κ2) is 6.52. The number of nitro groups is 1. The maximum atomic E-state index is 11.2. The van der Waals surface area contributed by atoms with Crippen LogP contribution < -0.4 is 4.74 Å². The number of benzene rings is 1. The maximum absolute atomic E-state index is 11.2. The van der Waals surface area contributed by atoms with E-state index in [4.69, 9.17) is 9.72 Å². The molecule has 0 amide bonds. The molecule has 3 aromatic heterocycles. The Kier molecular flexibility index (Phi) is 3.97. The molecular formula is C19H17N5O3S. The zero-order valence-corrected chi connectivity index (χ0v) is 16.0. The predicted molar refractivity (Wildman–Crippen MR) is 105 cm³/mol. The molecule has 28 heavy (non-hydrogen) atoms. The number of rotatable bonds is 4. The van der Waals surface area contributed by atoms with Gasteiger partial charge in [0, 0.05) is 10.9 Å². The van der Waals surface area contributed by atoms with Gasteiger partial charge in [-0.2, -0.15) is 0 Å². The van der Waals surface area contributed by atoms with Crippen LogP contribution in [0.25, 0.3) is 15.9 Å². The first-order valence-electron chi connectivity index (χ1n) is 9.17. The fourth-order valence-electron chi connectivity index (χ4n) is 3.69. The third kappa shape index (κ3) is 2.70. The molecule has 0 aliphatic heterocycles. The lowest BCUT2D eigenvalue weighted by Crippen LogP contribution is -2.07. The topological polar surface area (TPSA) is 95.5 Å². The van der Waals surface area contributed by atoms with E-state index in [0.717, 1.165) is 28.7 Å². The van der Waals surface area contributed by atoms with Crippen molar-refractivity contribution >= 4 is 32.9 Å². The van der Waals surface area contributed by atoms with Crippen molar-refractivity contribution in [2.45, 2.75) is 38.7 Å². The molecule has 1 atom stereocenters. The van der Waals surface area contributed by atoms with Crippen LogP contribution in [0.15, 0.2) is 30.6 Å². The van der Waals surface area contributed by atoms with Crippen LogP contribution in [0.1, 0.15) is 42.1 Å². The number of aromatic nitrogens is 4. The number of hydrogen-bond donors (Lipinski definition) is 0. The Morgan fingerprint density at radius 1 is 1.29 bits per heavy atom. The highest BCUT2D eigenvalue weighted by molar-refractivity contribution is 7.19. The Labute approximate surface area is 164 Å². The Morgan fingerprint density at radius 3 is 2.96 bits per heavy atom. The van der Waals surface area contributed by atoms with E-state index in [1.807, 2.05) is 0 Å². The summed E-state index contributed by atoms with van der Waals surface area (Å²) >= 11 is 1.74. The molecule has 1 aliphatic carbocycles. The first kappa shape index (κ1) is 17.1. The second-order valence-electron chi connectivity index (χ2n) is 6.86. The Balaban J connectivity index is 1.56. The van der Waals surface area contributed by atoms with Gasteiger partial charge in [-0.15, -0.1) is 16.4 Å². The highest BCUT2D eigenvalue weighted by Crippen LogP contribution is 2.37. The van der Waals surface area contributed by atoms with Crippen LogP contribution >= 0.6 is 11.3 Å². The van der Waals surface area contributed by atoms with Crippen molar-refractivity contribution in [3.05, 3.63) is 57.0 Å². The highest BCUT2D eigenvalue weighted by atomic mass is 32.1. The fourth-order valence-corrected chi connectivity index (χ4v) is 4.92. The van der Waals surface area contributed by atoms with Gasteiger partial charge < -0.3 is 4.74 Å². The second-order valence-corrected chi connectivity index (χ2v) is 7.94. The number of fused-ring (bicyclic) bond motifs is 5. The van der Waals surface area contributed by atoms with Crippen molar-refractivity contribution in [2.24, 2.45) is 0 Å². The van der Waals surface area contributed by atoms with E-state index in [9.17, 15) is 10.1 Å². The van der Waals surface area contributed by atoms with Gasteiger partial charge in [0.05, 0.1) is 10.3 Å². The summed E-state index contributed by atoms with van der Waals surface area (Å²) in [6.45, 7) is 1.79. The summed E-state index contributed by atoms with van der Waals surface area (Å²) in [7, 11) is 0.